The summed E-state index contributed by atoms with van der Waals surface area (Å²) in [6.07, 6.45) is 7.52. The van der Waals surface area contributed by atoms with E-state index in [1.165, 1.54) is 22.3 Å². The second kappa shape index (κ2) is 23.4. The molecule has 10 nitrogen and oxygen atoms in total. The minimum Gasteiger partial charge on any atom is -0.354 e. The summed E-state index contributed by atoms with van der Waals surface area (Å²) in [5.41, 5.74) is 25.9. The van der Waals surface area contributed by atoms with Crippen LogP contribution in [0.2, 0.25) is 0 Å². The molecule has 0 radical (unpaired) electrons. The standard InChI is InChI=1S/C80H62N10/c1-51-11-25-59(26-12-51)89(60-27-13-52(2)14-28-60)63-33-19-55(20-34-63)77-69-39-43-73(85-69)79(57-23-37-67(83-49-57)65-9-5-7-47-81-65)75-45-41-71(87-75)78(56-21-35-64(36-22-56)90(61-29-15-53(3)16-30-61)62-31-17-54(4)18-32-62)72-42-46-76(88-72)80(74-44-40-70(77)86-74)58-24-38-68(84-50-58)66-10-6-8-48-82-66/h5-50,85-88H,1-4H3. The van der Waals surface area contributed by atoms with E-state index in [2.05, 4.69) is 286 Å². The number of hydrogen-bond donors (Lipinski definition) is 4. The largest absolute Gasteiger partial charge is 0.354 e. The Morgan fingerprint density at radius 2 is 0.500 bits per heavy atom. The van der Waals surface area contributed by atoms with Crippen LogP contribution >= 0.6 is 0 Å². The Labute approximate surface area is 522 Å². The molecule has 8 aromatic heterocycles. The smallest absolute Gasteiger partial charge is 0.0886 e. The molecule has 0 saturated heterocycles. The number of fused-ring (bicyclic) bond motifs is 8. The lowest BCUT2D eigenvalue weighted by Gasteiger charge is -2.26. The Morgan fingerprint density at radius 3 is 0.767 bits per heavy atom. The fourth-order valence-electron chi connectivity index (χ4n) is 12.2. The first-order valence-electron chi connectivity index (χ1n) is 30.3. The molecule has 432 valence electrons. The zero-order valence-corrected chi connectivity index (χ0v) is 50.2. The normalized spacial score (nSPS) is 12.1. The van der Waals surface area contributed by atoms with Gasteiger partial charge in [0.1, 0.15) is 0 Å². The molecule has 1 aliphatic heterocycles. The van der Waals surface area contributed by atoms with Gasteiger partial charge in [-0.1, -0.05) is 119 Å². The first kappa shape index (κ1) is 54.8. The van der Waals surface area contributed by atoms with Gasteiger partial charge in [0, 0.05) is 137 Å². The lowest BCUT2D eigenvalue weighted by atomic mass is 10.0. The maximum Gasteiger partial charge on any atom is 0.0886 e. The maximum atomic E-state index is 5.05. The molecule has 90 heavy (non-hydrogen) atoms. The van der Waals surface area contributed by atoms with Crippen molar-refractivity contribution in [2.75, 3.05) is 9.80 Å². The molecule has 15 rings (SSSR count). The predicted octanol–water partition coefficient (Wildman–Crippen LogP) is 15.4. The molecule has 10 heteroatoms. The van der Waals surface area contributed by atoms with Crippen LogP contribution < -0.4 is 31.2 Å². The van der Waals surface area contributed by atoms with Crippen molar-refractivity contribution in [1.82, 2.24) is 39.9 Å². The highest BCUT2D eigenvalue weighted by atomic mass is 15.1. The van der Waals surface area contributed by atoms with Crippen molar-refractivity contribution in [3.8, 4) is 22.8 Å². The van der Waals surface area contributed by atoms with Crippen LogP contribution in [0.15, 0.2) is 280 Å². The SMILES string of the molecule is Cc1ccc(N(c2ccc(C)cc2)c2ccc(C3=c4ccc([nH]4)=C(c4ccc(-c5ccccn5)nc4)c4ccc([nH]4)C(c4ccc(N(c5ccc(C)cc5)c5ccc(C)cc5)cc4)=c4ccc([nH]4)=C(c4ccc(-c5ccccn5)nc4)c4ccc3[nH]4)cc2)cc1. The monoisotopic (exact) mass is 1160 g/mol. The molecule has 8 bridgehead atoms. The van der Waals surface area contributed by atoms with Crippen LogP contribution in [0.25, 0.3) is 45.1 Å². The van der Waals surface area contributed by atoms with Crippen LogP contribution in [-0.2, 0) is 0 Å². The minimum atomic E-state index is 0.790. The lowest BCUT2D eigenvalue weighted by molar-refractivity contribution is 1.18. The third-order valence-electron chi connectivity index (χ3n) is 16.9. The third-order valence-corrected chi connectivity index (χ3v) is 16.9. The Balaban J connectivity index is 0.950. The van der Waals surface area contributed by atoms with Crippen LogP contribution in [0.1, 0.15) is 67.3 Å². The summed E-state index contributed by atoms with van der Waals surface area (Å²) in [6.45, 7) is 8.50. The van der Waals surface area contributed by atoms with E-state index >= 15 is 0 Å². The summed E-state index contributed by atoms with van der Waals surface area (Å²) in [6, 6.07) is 90.4. The van der Waals surface area contributed by atoms with Crippen molar-refractivity contribution in [1.29, 1.82) is 0 Å². The van der Waals surface area contributed by atoms with E-state index in [1.54, 1.807) is 12.4 Å². The van der Waals surface area contributed by atoms with Gasteiger partial charge in [-0.2, -0.15) is 0 Å². The average molecular weight is 1160 g/mol. The molecule has 0 amide bonds. The Bertz CT molecular complexity index is 4720. The van der Waals surface area contributed by atoms with Gasteiger partial charge >= 0.3 is 0 Å². The average Bonchev–Trinajstić information content (AvgIpc) is 2.09. The van der Waals surface area contributed by atoms with Crippen LogP contribution in [0.5, 0.6) is 0 Å². The first-order chi connectivity index (χ1) is 44.2. The Hall–Kier alpha value is -11.9. The lowest BCUT2D eigenvalue weighted by Crippen LogP contribution is -2.19. The van der Waals surface area contributed by atoms with E-state index in [9.17, 15) is 0 Å². The van der Waals surface area contributed by atoms with Gasteiger partial charge in [-0.3, -0.25) is 19.9 Å². The quantitative estimate of drug-likeness (QED) is 0.0967. The molecule has 0 atom stereocenters. The molecule has 6 aromatic carbocycles. The van der Waals surface area contributed by atoms with E-state index in [0.29, 0.717) is 0 Å². The van der Waals surface area contributed by atoms with Gasteiger partial charge in [0.05, 0.1) is 22.8 Å². The second-order valence-corrected chi connectivity index (χ2v) is 23.0. The molecule has 0 fully saturated rings. The van der Waals surface area contributed by atoms with Crippen LogP contribution in [0.3, 0.4) is 0 Å². The van der Waals surface area contributed by atoms with Crippen molar-refractivity contribution in [3.05, 3.63) is 368 Å². The summed E-state index contributed by atoms with van der Waals surface area (Å²) in [4.78, 5) is 40.0. The number of nitrogens with one attached hydrogen (secondary N) is 4. The number of rotatable bonds is 12. The molecule has 0 aliphatic carbocycles. The van der Waals surface area contributed by atoms with Crippen LogP contribution in [0.4, 0.5) is 34.1 Å². The van der Waals surface area contributed by atoms with Crippen molar-refractivity contribution in [2.45, 2.75) is 27.7 Å². The number of nitrogens with zero attached hydrogens (tertiary/aromatic N) is 6. The predicted molar refractivity (Wildman–Crippen MR) is 364 cm³/mol. The molecule has 1 aliphatic rings. The molecule has 9 heterocycles. The number of benzene rings is 6. The molecule has 14 aromatic rings. The molecular weight excluding hydrogens is 1100 g/mol. The Kier molecular flexibility index (Phi) is 14.2. The van der Waals surface area contributed by atoms with Gasteiger partial charge in [-0.25, -0.2) is 0 Å². The van der Waals surface area contributed by atoms with Crippen molar-refractivity contribution < 1.29 is 0 Å². The van der Waals surface area contributed by atoms with E-state index in [-0.39, 0.29) is 0 Å². The number of aromatic amines is 4. The van der Waals surface area contributed by atoms with Crippen molar-refractivity contribution in [3.63, 3.8) is 0 Å². The minimum absolute atomic E-state index is 0.790. The number of pyridine rings is 4. The molecule has 0 spiro atoms. The highest BCUT2D eigenvalue weighted by Gasteiger charge is 2.22. The maximum absolute atomic E-state index is 5.05. The molecule has 4 N–H and O–H groups in total. The van der Waals surface area contributed by atoms with Gasteiger partial charge in [-0.15, -0.1) is 0 Å². The zero-order chi connectivity index (χ0) is 60.7. The summed E-state index contributed by atoms with van der Waals surface area (Å²) in [5.74, 6) is 0. The third kappa shape index (κ3) is 10.7. The highest BCUT2D eigenvalue weighted by Crippen LogP contribution is 2.39. The number of aromatic nitrogens is 8. The van der Waals surface area contributed by atoms with Crippen LogP contribution in [-0.4, -0.2) is 39.9 Å². The molecular formula is C80H62N10. The number of H-pyrrole nitrogens is 4. The summed E-state index contributed by atoms with van der Waals surface area (Å²) in [5, 5.41) is 3.68. The van der Waals surface area contributed by atoms with E-state index in [4.69, 9.17) is 9.97 Å². The molecule has 0 unspecified atom stereocenters. The summed E-state index contributed by atoms with van der Waals surface area (Å²) in [7, 11) is 0. The van der Waals surface area contributed by atoms with Gasteiger partial charge in [-0.05, 0) is 197 Å². The number of hydrogen-bond acceptors (Lipinski definition) is 6. The summed E-state index contributed by atoms with van der Waals surface area (Å²) >= 11 is 0. The highest BCUT2D eigenvalue weighted by molar-refractivity contribution is 5.87. The first-order valence-corrected chi connectivity index (χ1v) is 30.3. The number of anilines is 6. The van der Waals surface area contributed by atoms with Crippen molar-refractivity contribution >= 4 is 56.4 Å². The van der Waals surface area contributed by atoms with Gasteiger partial charge in [0.25, 0.3) is 0 Å². The van der Waals surface area contributed by atoms with Gasteiger partial charge in [0.2, 0.25) is 0 Å². The second-order valence-electron chi connectivity index (χ2n) is 23.0. The van der Waals surface area contributed by atoms with Gasteiger partial charge < -0.3 is 29.7 Å². The van der Waals surface area contributed by atoms with Gasteiger partial charge in [0.15, 0.2) is 0 Å². The zero-order valence-electron chi connectivity index (χ0n) is 50.2. The molecule has 0 saturated carbocycles. The van der Waals surface area contributed by atoms with E-state index in [0.717, 1.165) is 146 Å². The van der Waals surface area contributed by atoms with E-state index in [1.807, 2.05) is 48.8 Å². The summed E-state index contributed by atoms with van der Waals surface area (Å²) < 4.78 is 0. The fourth-order valence-corrected chi connectivity index (χ4v) is 12.2. The Morgan fingerprint density at radius 1 is 0.233 bits per heavy atom. The fraction of sp³-hybridized carbons (Fsp3) is 0.0500. The number of aryl methyl sites for hydroxylation is 4. The topological polar surface area (TPSA) is 121 Å². The van der Waals surface area contributed by atoms with Crippen LogP contribution in [0, 0.1) is 27.7 Å². The van der Waals surface area contributed by atoms with Crippen molar-refractivity contribution in [2.24, 2.45) is 0 Å². The van der Waals surface area contributed by atoms with E-state index < -0.39 is 0 Å².